The molecule has 0 aliphatic carbocycles. The number of hydrogen-bond acceptors (Lipinski definition) is 4. The van der Waals surface area contributed by atoms with Crippen molar-refractivity contribution in [2.24, 2.45) is 4.99 Å². The van der Waals surface area contributed by atoms with E-state index in [0.29, 0.717) is 36.0 Å². The van der Waals surface area contributed by atoms with Gasteiger partial charge in [0.05, 0.1) is 17.7 Å². The fourth-order valence-corrected chi connectivity index (χ4v) is 2.96. The van der Waals surface area contributed by atoms with Gasteiger partial charge in [0.25, 0.3) is 0 Å². The number of aliphatic hydroxyl groups is 1. The third kappa shape index (κ3) is 7.87. The molecular formula is C17H21F4IN4OS. The topological polar surface area (TPSA) is 69.5 Å². The van der Waals surface area contributed by atoms with E-state index in [1.807, 2.05) is 6.92 Å². The van der Waals surface area contributed by atoms with Crippen molar-refractivity contribution in [1.82, 2.24) is 15.6 Å². The van der Waals surface area contributed by atoms with Gasteiger partial charge in [-0.1, -0.05) is 12.1 Å². The molecule has 0 radical (unpaired) electrons. The lowest BCUT2D eigenvalue weighted by Gasteiger charge is -2.13. The van der Waals surface area contributed by atoms with E-state index in [9.17, 15) is 22.7 Å². The number of alkyl halides is 3. The van der Waals surface area contributed by atoms with E-state index in [0.717, 1.165) is 16.7 Å². The zero-order chi connectivity index (χ0) is 19.9. The van der Waals surface area contributed by atoms with E-state index in [4.69, 9.17) is 0 Å². The van der Waals surface area contributed by atoms with Gasteiger partial charge in [0.2, 0.25) is 0 Å². The Morgan fingerprint density at radius 1 is 1.25 bits per heavy atom. The number of hydrogen-bond donors (Lipinski definition) is 3. The van der Waals surface area contributed by atoms with Crippen LogP contribution in [-0.2, 0) is 12.6 Å². The number of benzene rings is 1. The van der Waals surface area contributed by atoms with E-state index in [-0.39, 0.29) is 36.3 Å². The molecule has 28 heavy (non-hydrogen) atoms. The lowest BCUT2D eigenvalue weighted by molar-refractivity contribution is -0.140. The fourth-order valence-electron chi connectivity index (χ4n) is 2.15. The first-order valence-corrected chi connectivity index (χ1v) is 9.15. The molecule has 2 rings (SSSR count). The van der Waals surface area contributed by atoms with Gasteiger partial charge in [-0.2, -0.15) is 13.2 Å². The third-order valence-corrected chi connectivity index (χ3v) is 4.40. The van der Waals surface area contributed by atoms with E-state index >= 15 is 0 Å². The Balaban J connectivity index is 0.00000392. The van der Waals surface area contributed by atoms with Crippen LogP contribution >= 0.6 is 35.3 Å². The van der Waals surface area contributed by atoms with Crippen molar-refractivity contribution in [3.63, 3.8) is 0 Å². The van der Waals surface area contributed by atoms with Crippen LogP contribution in [0.3, 0.4) is 0 Å². The normalized spacial score (nSPS) is 13.0. The van der Waals surface area contributed by atoms with Crippen LogP contribution < -0.4 is 10.6 Å². The first-order chi connectivity index (χ1) is 12.8. The minimum absolute atomic E-state index is 0. The Morgan fingerprint density at radius 3 is 2.50 bits per heavy atom. The molecule has 2 aromatic rings. The van der Waals surface area contributed by atoms with Crippen molar-refractivity contribution >= 4 is 41.3 Å². The number of nitrogens with zero attached hydrogens (tertiary/aromatic N) is 2. The molecule has 1 aromatic carbocycles. The Morgan fingerprint density at radius 2 is 1.93 bits per heavy atom. The van der Waals surface area contributed by atoms with Crippen molar-refractivity contribution in [2.45, 2.75) is 25.6 Å². The second-order valence-electron chi connectivity index (χ2n) is 5.59. The first kappa shape index (κ1) is 24.6. The van der Waals surface area contributed by atoms with Gasteiger partial charge < -0.3 is 15.7 Å². The van der Waals surface area contributed by atoms with Crippen molar-refractivity contribution < 1.29 is 22.7 Å². The summed E-state index contributed by atoms with van der Waals surface area (Å²) in [7, 11) is 0. The molecule has 5 nitrogen and oxygen atoms in total. The van der Waals surface area contributed by atoms with Crippen molar-refractivity contribution in [2.75, 3.05) is 19.6 Å². The summed E-state index contributed by atoms with van der Waals surface area (Å²) in [5.41, 5.74) is -0.344. The van der Waals surface area contributed by atoms with Gasteiger partial charge in [-0.3, -0.25) is 4.99 Å². The predicted octanol–water partition coefficient (Wildman–Crippen LogP) is 3.75. The highest BCUT2D eigenvalue weighted by atomic mass is 127. The van der Waals surface area contributed by atoms with Gasteiger partial charge in [0.15, 0.2) is 11.7 Å². The molecule has 1 atom stereocenters. The van der Waals surface area contributed by atoms with E-state index in [2.05, 4.69) is 20.6 Å². The number of guanidine groups is 1. The van der Waals surface area contributed by atoms with Crippen molar-refractivity contribution in [3.05, 3.63) is 51.7 Å². The van der Waals surface area contributed by atoms with Crippen LogP contribution in [0.1, 0.15) is 29.3 Å². The molecule has 0 spiro atoms. The van der Waals surface area contributed by atoms with Crippen LogP contribution in [0, 0.1) is 5.82 Å². The number of aliphatic imine (C=N–C) groups is 1. The van der Waals surface area contributed by atoms with Crippen LogP contribution in [-0.4, -0.2) is 35.7 Å². The molecule has 1 unspecified atom stereocenters. The van der Waals surface area contributed by atoms with Gasteiger partial charge >= 0.3 is 6.18 Å². The van der Waals surface area contributed by atoms with Crippen molar-refractivity contribution in [3.8, 4) is 0 Å². The van der Waals surface area contributed by atoms with E-state index in [1.54, 1.807) is 0 Å². The standard InChI is InChI=1S/C17H20F4N4OS.HI/c1-2-22-16(24-9-13(26)11-3-5-12(18)6-4-11)23-8-7-15-25-14(10-27-15)17(19,20)21;/h3-6,10,13,26H,2,7-9H2,1H3,(H2,22,23,24);1H. The molecule has 11 heteroatoms. The molecule has 0 aliphatic rings. The highest BCUT2D eigenvalue weighted by molar-refractivity contribution is 14.0. The van der Waals surface area contributed by atoms with E-state index in [1.165, 1.54) is 24.3 Å². The Hall–Kier alpha value is -1.47. The van der Waals surface area contributed by atoms with Crippen molar-refractivity contribution in [1.29, 1.82) is 0 Å². The molecule has 0 saturated heterocycles. The smallest absolute Gasteiger partial charge is 0.386 e. The molecule has 0 aliphatic heterocycles. The summed E-state index contributed by atoms with van der Waals surface area (Å²) in [6.45, 7) is 2.83. The molecule has 0 bridgehead atoms. The summed E-state index contributed by atoms with van der Waals surface area (Å²) in [5, 5.41) is 17.4. The van der Waals surface area contributed by atoms with Crippen LogP contribution in [0.25, 0.3) is 0 Å². The summed E-state index contributed by atoms with van der Waals surface area (Å²) < 4.78 is 50.5. The number of aromatic nitrogens is 1. The van der Waals surface area contributed by atoms with Gasteiger partial charge in [-0.05, 0) is 24.6 Å². The van der Waals surface area contributed by atoms with Gasteiger partial charge in [-0.25, -0.2) is 9.37 Å². The average molecular weight is 532 g/mol. The van der Waals surface area contributed by atoms with Gasteiger partial charge in [0, 0.05) is 24.9 Å². The summed E-state index contributed by atoms with van der Waals surface area (Å²) >= 11 is 0.956. The molecule has 0 amide bonds. The minimum Gasteiger partial charge on any atom is -0.386 e. The number of rotatable bonds is 7. The maximum Gasteiger partial charge on any atom is 0.434 e. The van der Waals surface area contributed by atoms with Crippen LogP contribution in [0.5, 0.6) is 0 Å². The maximum absolute atomic E-state index is 12.9. The summed E-state index contributed by atoms with van der Waals surface area (Å²) in [5.74, 6) is 0.0339. The maximum atomic E-state index is 12.9. The highest BCUT2D eigenvalue weighted by Gasteiger charge is 2.33. The zero-order valence-electron chi connectivity index (χ0n) is 15.0. The summed E-state index contributed by atoms with van der Waals surface area (Å²) in [6.07, 6.45) is -5.02. The molecule has 0 saturated carbocycles. The largest absolute Gasteiger partial charge is 0.434 e. The lowest BCUT2D eigenvalue weighted by atomic mass is 10.1. The molecular weight excluding hydrogens is 511 g/mol. The average Bonchev–Trinajstić information content (AvgIpc) is 3.09. The van der Waals surface area contributed by atoms with Crippen LogP contribution in [0.4, 0.5) is 17.6 Å². The number of halogens is 5. The SMILES string of the molecule is CCNC(=NCC(O)c1ccc(F)cc1)NCCc1nc(C(F)(F)F)cs1.I. The van der Waals surface area contributed by atoms with Crippen LogP contribution in [0.15, 0.2) is 34.6 Å². The number of aliphatic hydroxyl groups excluding tert-OH is 1. The van der Waals surface area contributed by atoms with Gasteiger partial charge in [-0.15, -0.1) is 35.3 Å². The fraction of sp³-hybridized carbons (Fsp3) is 0.412. The minimum atomic E-state index is -4.44. The number of thiazole rings is 1. The Bertz CT molecular complexity index is 752. The second-order valence-corrected chi connectivity index (χ2v) is 6.53. The zero-order valence-corrected chi connectivity index (χ0v) is 18.1. The van der Waals surface area contributed by atoms with Gasteiger partial charge in [0.1, 0.15) is 5.82 Å². The molecule has 1 aromatic heterocycles. The molecule has 0 fully saturated rings. The quantitative estimate of drug-likeness (QED) is 0.220. The third-order valence-electron chi connectivity index (χ3n) is 3.49. The Kier molecular flexibility index (Phi) is 10.1. The predicted molar refractivity (Wildman–Crippen MR) is 112 cm³/mol. The molecule has 3 N–H and O–H groups in total. The Labute approximate surface area is 181 Å². The van der Waals surface area contributed by atoms with E-state index < -0.39 is 18.0 Å². The molecule has 156 valence electrons. The summed E-state index contributed by atoms with van der Waals surface area (Å²) in [6, 6.07) is 5.48. The number of nitrogens with one attached hydrogen (secondary N) is 2. The monoisotopic (exact) mass is 532 g/mol. The first-order valence-electron chi connectivity index (χ1n) is 8.27. The molecule has 1 heterocycles. The lowest BCUT2D eigenvalue weighted by Crippen LogP contribution is -2.38. The highest BCUT2D eigenvalue weighted by Crippen LogP contribution is 2.30. The summed E-state index contributed by atoms with van der Waals surface area (Å²) in [4.78, 5) is 7.81. The van der Waals surface area contributed by atoms with Crippen LogP contribution in [0.2, 0.25) is 0 Å². The second kappa shape index (κ2) is 11.5.